The second-order valence-electron chi connectivity index (χ2n) is 7.26. The Bertz CT molecular complexity index is 293. The van der Waals surface area contributed by atoms with E-state index in [4.69, 9.17) is 5.73 Å². The summed E-state index contributed by atoms with van der Waals surface area (Å²) >= 11 is 0. The third kappa shape index (κ3) is 3.47. The van der Waals surface area contributed by atoms with E-state index >= 15 is 0 Å². The molecule has 0 aromatic heterocycles. The van der Waals surface area contributed by atoms with E-state index < -0.39 is 0 Å². The van der Waals surface area contributed by atoms with Crippen LogP contribution in [-0.4, -0.2) is 30.9 Å². The van der Waals surface area contributed by atoms with Crippen LogP contribution in [0.1, 0.15) is 53.4 Å². The van der Waals surface area contributed by atoms with Crippen LogP contribution in [0.15, 0.2) is 0 Å². The molecule has 1 aliphatic carbocycles. The van der Waals surface area contributed by atoms with Gasteiger partial charge >= 0.3 is 0 Å². The number of carbonyl (C=O) groups is 1. The number of hydrogen-bond donors (Lipinski definition) is 1. The average molecular weight is 254 g/mol. The van der Waals surface area contributed by atoms with E-state index in [1.807, 2.05) is 11.9 Å². The van der Waals surface area contributed by atoms with Crippen LogP contribution in [0.25, 0.3) is 0 Å². The van der Waals surface area contributed by atoms with Gasteiger partial charge in [0.05, 0.1) is 0 Å². The van der Waals surface area contributed by atoms with Crippen molar-refractivity contribution in [1.82, 2.24) is 4.90 Å². The van der Waals surface area contributed by atoms with Gasteiger partial charge in [-0.25, -0.2) is 0 Å². The fourth-order valence-electron chi connectivity index (χ4n) is 3.07. The second-order valence-corrected chi connectivity index (χ2v) is 7.26. The quantitative estimate of drug-likeness (QED) is 0.792. The average Bonchev–Trinajstić information content (AvgIpc) is 2.21. The SMILES string of the molecule is CC(C)CC1(C(=O)N(C)CC(C)(C)CN)CCC1. The maximum absolute atomic E-state index is 12.7. The molecule has 1 rings (SSSR count). The molecule has 1 aliphatic rings. The predicted molar refractivity (Wildman–Crippen MR) is 76.2 cm³/mol. The third-order valence-electron chi connectivity index (χ3n) is 4.13. The van der Waals surface area contributed by atoms with Crippen LogP contribution in [0.5, 0.6) is 0 Å². The summed E-state index contributed by atoms with van der Waals surface area (Å²) in [6.07, 6.45) is 4.36. The van der Waals surface area contributed by atoms with Crippen molar-refractivity contribution in [2.45, 2.75) is 53.4 Å². The van der Waals surface area contributed by atoms with E-state index in [1.54, 1.807) is 0 Å². The summed E-state index contributed by atoms with van der Waals surface area (Å²) in [5.74, 6) is 0.925. The number of rotatable bonds is 6. The number of nitrogens with zero attached hydrogens (tertiary/aromatic N) is 1. The van der Waals surface area contributed by atoms with E-state index in [1.165, 1.54) is 6.42 Å². The molecule has 0 bridgehead atoms. The van der Waals surface area contributed by atoms with E-state index in [2.05, 4.69) is 27.7 Å². The first-order chi connectivity index (χ1) is 8.22. The number of amides is 1. The molecule has 0 aliphatic heterocycles. The van der Waals surface area contributed by atoms with Gasteiger partial charge in [-0.3, -0.25) is 4.79 Å². The lowest BCUT2D eigenvalue weighted by Gasteiger charge is -2.45. The van der Waals surface area contributed by atoms with Crippen molar-refractivity contribution in [1.29, 1.82) is 0 Å². The molecule has 0 radical (unpaired) electrons. The summed E-state index contributed by atoms with van der Waals surface area (Å²) in [7, 11) is 1.93. The molecular formula is C15H30N2O. The zero-order valence-electron chi connectivity index (χ0n) is 12.8. The van der Waals surface area contributed by atoms with Crippen LogP contribution in [0, 0.1) is 16.7 Å². The monoisotopic (exact) mass is 254 g/mol. The molecule has 3 nitrogen and oxygen atoms in total. The minimum Gasteiger partial charge on any atom is -0.345 e. The van der Waals surface area contributed by atoms with Gasteiger partial charge in [-0.05, 0) is 37.1 Å². The molecule has 1 saturated carbocycles. The van der Waals surface area contributed by atoms with E-state index in [9.17, 15) is 4.79 Å². The topological polar surface area (TPSA) is 46.3 Å². The molecule has 0 aromatic carbocycles. The van der Waals surface area contributed by atoms with Crippen LogP contribution >= 0.6 is 0 Å². The zero-order chi connectivity index (χ0) is 14.0. The van der Waals surface area contributed by atoms with Gasteiger partial charge in [0.1, 0.15) is 0 Å². The molecule has 3 heteroatoms. The first-order valence-electron chi connectivity index (χ1n) is 7.18. The highest BCUT2D eigenvalue weighted by Gasteiger charge is 2.46. The molecule has 2 N–H and O–H groups in total. The van der Waals surface area contributed by atoms with Gasteiger partial charge < -0.3 is 10.6 Å². The highest BCUT2D eigenvalue weighted by molar-refractivity contribution is 5.83. The summed E-state index contributed by atoms with van der Waals surface area (Å²) in [5.41, 5.74) is 5.70. The van der Waals surface area contributed by atoms with Gasteiger partial charge in [0.2, 0.25) is 5.91 Å². The smallest absolute Gasteiger partial charge is 0.228 e. The van der Waals surface area contributed by atoms with Gasteiger partial charge in [0.25, 0.3) is 0 Å². The molecule has 0 atom stereocenters. The van der Waals surface area contributed by atoms with Crippen LogP contribution in [0.2, 0.25) is 0 Å². The minimum absolute atomic E-state index is 0.00712. The number of nitrogens with two attached hydrogens (primary N) is 1. The number of hydrogen-bond acceptors (Lipinski definition) is 2. The van der Waals surface area contributed by atoms with E-state index in [-0.39, 0.29) is 10.8 Å². The zero-order valence-corrected chi connectivity index (χ0v) is 12.8. The molecule has 0 aromatic rings. The lowest BCUT2D eigenvalue weighted by molar-refractivity contribution is -0.148. The normalized spacial score (nSPS) is 18.6. The van der Waals surface area contributed by atoms with E-state index in [0.717, 1.165) is 25.8 Å². The van der Waals surface area contributed by atoms with Crippen LogP contribution in [0.4, 0.5) is 0 Å². The molecule has 0 saturated heterocycles. The second kappa shape index (κ2) is 5.60. The first kappa shape index (κ1) is 15.5. The lowest BCUT2D eigenvalue weighted by Crippen LogP contribution is -2.50. The summed E-state index contributed by atoms with van der Waals surface area (Å²) in [5, 5.41) is 0. The maximum atomic E-state index is 12.7. The molecule has 106 valence electrons. The Labute approximate surface area is 112 Å². The van der Waals surface area contributed by atoms with Crippen molar-refractivity contribution in [3.63, 3.8) is 0 Å². The molecular weight excluding hydrogens is 224 g/mol. The fourth-order valence-corrected chi connectivity index (χ4v) is 3.07. The Morgan fingerprint density at radius 1 is 1.39 bits per heavy atom. The molecule has 18 heavy (non-hydrogen) atoms. The number of carbonyl (C=O) groups excluding carboxylic acids is 1. The highest BCUT2D eigenvalue weighted by Crippen LogP contribution is 2.47. The van der Waals surface area contributed by atoms with Crippen molar-refractivity contribution in [2.75, 3.05) is 20.1 Å². The van der Waals surface area contributed by atoms with Gasteiger partial charge in [0, 0.05) is 19.0 Å². The standard InChI is InChI=1S/C15H30N2O/c1-12(2)9-15(7-6-8-15)13(18)17(5)11-14(3,4)10-16/h12H,6-11,16H2,1-5H3. The molecule has 0 spiro atoms. The molecule has 0 unspecified atom stereocenters. The van der Waals surface area contributed by atoms with Crippen molar-refractivity contribution < 1.29 is 4.79 Å². The Balaban J connectivity index is 2.67. The summed E-state index contributed by atoms with van der Waals surface area (Å²) in [4.78, 5) is 14.6. The maximum Gasteiger partial charge on any atom is 0.228 e. The first-order valence-corrected chi connectivity index (χ1v) is 7.18. The van der Waals surface area contributed by atoms with Crippen LogP contribution < -0.4 is 5.73 Å². The minimum atomic E-state index is -0.0619. The van der Waals surface area contributed by atoms with Gasteiger partial charge in [0.15, 0.2) is 0 Å². The van der Waals surface area contributed by atoms with Crippen LogP contribution in [-0.2, 0) is 4.79 Å². The van der Waals surface area contributed by atoms with Crippen molar-refractivity contribution >= 4 is 5.91 Å². The molecule has 1 amide bonds. The highest BCUT2D eigenvalue weighted by atomic mass is 16.2. The molecule has 1 fully saturated rings. The van der Waals surface area contributed by atoms with Crippen molar-refractivity contribution in [3.05, 3.63) is 0 Å². The Kier molecular flexibility index (Phi) is 4.82. The lowest BCUT2D eigenvalue weighted by atomic mass is 9.63. The summed E-state index contributed by atoms with van der Waals surface area (Å²) < 4.78 is 0. The fraction of sp³-hybridized carbons (Fsp3) is 0.933. The van der Waals surface area contributed by atoms with Crippen molar-refractivity contribution in [3.8, 4) is 0 Å². The van der Waals surface area contributed by atoms with Gasteiger partial charge in [-0.1, -0.05) is 34.1 Å². The van der Waals surface area contributed by atoms with Gasteiger partial charge in [-0.2, -0.15) is 0 Å². The largest absolute Gasteiger partial charge is 0.345 e. The third-order valence-corrected chi connectivity index (χ3v) is 4.13. The Morgan fingerprint density at radius 2 is 1.94 bits per heavy atom. The van der Waals surface area contributed by atoms with Crippen molar-refractivity contribution in [2.24, 2.45) is 22.5 Å². The predicted octanol–water partition coefficient (Wildman–Crippen LogP) is 2.65. The summed E-state index contributed by atoms with van der Waals surface area (Å²) in [6, 6.07) is 0. The Hall–Kier alpha value is -0.570. The van der Waals surface area contributed by atoms with E-state index in [0.29, 0.717) is 18.4 Å². The summed E-state index contributed by atoms with van der Waals surface area (Å²) in [6.45, 7) is 10.0. The van der Waals surface area contributed by atoms with Crippen LogP contribution in [0.3, 0.4) is 0 Å². The van der Waals surface area contributed by atoms with Gasteiger partial charge in [-0.15, -0.1) is 0 Å². The molecule has 0 heterocycles. The Morgan fingerprint density at radius 3 is 2.28 bits per heavy atom.